The van der Waals surface area contributed by atoms with Crippen LogP contribution in [0.1, 0.15) is 25.0 Å². The van der Waals surface area contributed by atoms with E-state index in [0.717, 1.165) is 31.5 Å². The third-order valence-corrected chi connectivity index (χ3v) is 6.60. The summed E-state index contributed by atoms with van der Waals surface area (Å²) < 4.78 is 31.8. The molecule has 28 heavy (non-hydrogen) atoms. The fourth-order valence-electron chi connectivity index (χ4n) is 5.24. The van der Waals surface area contributed by atoms with Crippen LogP contribution in [0.25, 0.3) is 0 Å². The Balaban J connectivity index is 1.12. The fraction of sp³-hybridized carbons (Fsp3) is 0.632. The number of aromatic nitrogens is 1. The average Bonchev–Trinajstić information content (AvgIpc) is 3.18. The van der Waals surface area contributed by atoms with Crippen molar-refractivity contribution in [3.63, 3.8) is 0 Å². The Kier molecular flexibility index (Phi) is 3.79. The second kappa shape index (κ2) is 6.02. The van der Waals surface area contributed by atoms with Gasteiger partial charge in [0.05, 0.1) is 25.0 Å². The van der Waals surface area contributed by atoms with Crippen molar-refractivity contribution in [2.75, 3.05) is 32.8 Å². The Morgan fingerprint density at radius 1 is 1.29 bits per heavy atom. The lowest BCUT2D eigenvalue weighted by atomic mass is 9.77. The Morgan fingerprint density at radius 3 is 2.71 bits per heavy atom. The number of carbonyl (C=O) groups excluding carboxylic acids is 2. The molecule has 0 bridgehead atoms. The molecule has 1 aromatic heterocycles. The predicted molar refractivity (Wildman–Crippen MR) is 93.4 cm³/mol. The van der Waals surface area contributed by atoms with Crippen molar-refractivity contribution < 1.29 is 23.1 Å². The SMILES string of the molecule is O=C1NC2(CO1)CN(C(=O)N1CC3(CCC(Cc4ncc(F)cc4F)C3)C1)C2. The minimum atomic E-state index is -0.659. The number of nitrogens with zero attached hydrogens (tertiary/aromatic N) is 3. The number of likely N-dealkylation sites (tertiary alicyclic amines) is 2. The molecule has 1 aliphatic carbocycles. The molecule has 150 valence electrons. The number of ether oxygens (including phenoxy) is 1. The zero-order valence-corrected chi connectivity index (χ0v) is 15.4. The van der Waals surface area contributed by atoms with Gasteiger partial charge in [-0.15, -0.1) is 0 Å². The Bertz CT molecular complexity index is 836. The number of cyclic esters (lactones) is 1. The number of nitrogens with one attached hydrogen (secondary N) is 1. The van der Waals surface area contributed by atoms with Gasteiger partial charge in [0.2, 0.25) is 0 Å². The first-order valence-corrected chi connectivity index (χ1v) is 9.64. The summed E-state index contributed by atoms with van der Waals surface area (Å²) in [6.45, 7) is 2.72. The average molecular weight is 392 g/mol. The molecule has 7 nitrogen and oxygen atoms in total. The molecule has 3 amide bonds. The lowest BCUT2D eigenvalue weighted by molar-refractivity contribution is -0.00754. The summed E-state index contributed by atoms with van der Waals surface area (Å²) in [6.07, 6.45) is 4.07. The predicted octanol–water partition coefficient (Wildman–Crippen LogP) is 1.92. The summed E-state index contributed by atoms with van der Waals surface area (Å²) in [5, 5.41) is 2.78. The van der Waals surface area contributed by atoms with Gasteiger partial charge in [0.15, 0.2) is 0 Å². The molecule has 4 aliphatic rings. The van der Waals surface area contributed by atoms with E-state index in [1.807, 2.05) is 4.90 Å². The number of hydrogen-bond donors (Lipinski definition) is 1. The number of rotatable bonds is 2. The van der Waals surface area contributed by atoms with Crippen LogP contribution >= 0.6 is 0 Å². The van der Waals surface area contributed by atoms with Gasteiger partial charge in [-0.25, -0.2) is 18.4 Å². The Hall–Kier alpha value is -2.45. The quantitative estimate of drug-likeness (QED) is 0.835. The monoisotopic (exact) mass is 392 g/mol. The molecule has 9 heteroatoms. The molecular formula is C19H22F2N4O3. The van der Waals surface area contributed by atoms with Crippen LogP contribution in [0, 0.1) is 23.0 Å². The van der Waals surface area contributed by atoms with Crippen molar-refractivity contribution in [2.24, 2.45) is 11.3 Å². The van der Waals surface area contributed by atoms with E-state index >= 15 is 0 Å². The lowest BCUT2D eigenvalue weighted by Crippen LogP contribution is -2.73. The molecule has 1 atom stereocenters. The zero-order valence-electron chi connectivity index (χ0n) is 15.4. The van der Waals surface area contributed by atoms with Crippen LogP contribution in [0.5, 0.6) is 0 Å². The summed E-state index contributed by atoms with van der Waals surface area (Å²) in [5.74, 6) is -0.933. The van der Waals surface area contributed by atoms with Crippen LogP contribution in [-0.4, -0.2) is 65.2 Å². The molecule has 2 spiro atoms. The molecule has 0 aromatic carbocycles. The maximum absolute atomic E-state index is 13.8. The lowest BCUT2D eigenvalue weighted by Gasteiger charge is -2.53. The van der Waals surface area contributed by atoms with E-state index in [4.69, 9.17) is 4.74 Å². The van der Waals surface area contributed by atoms with Crippen molar-refractivity contribution in [1.29, 1.82) is 0 Å². The molecule has 4 heterocycles. The van der Waals surface area contributed by atoms with Gasteiger partial charge in [0, 0.05) is 24.6 Å². The van der Waals surface area contributed by atoms with Crippen molar-refractivity contribution >= 4 is 12.1 Å². The van der Waals surface area contributed by atoms with Gasteiger partial charge < -0.3 is 19.9 Å². The first-order valence-electron chi connectivity index (χ1n) is 9.64. The Morgan fingerprint density at radius 2 is 2.04 bits per heavy atom. The highest BCUT2D eigenvalue weighted by atomic mass is 19.1. The maximum Gasteiger partial charge on any atom is 0.407 e. The largest absolute Gasteiger partial charge is 0.447 e. The topological polar surface area (TPSA) is 74.8 Å². The summed E-state index contributed by atoms with van der Waals surface area (Å²) in [5.41, 5.74) is 0.0340. The van der Waals surface area contributed by atoms with Gasteiger partial charge >= 0.3 is 12.1 Å². The molecule has 3 aliphatic heterocycles. The van der Waals surface area contributed by atoms with Gasteiger partial charge in [-0.3, -0.25) is 4.98 Å². The number of urea groups is 1. The molecule has 1 aromatic rings. The molecule has 5 rings (SSSR count). The van der Waals surface area contributed by atoms with Crippen LogP contribution in [0.3, 0.4) is 0 Å². The normalized spacial score (nSPS) is 26.8. The Labute approximate surface area is 161 Å². The fourth-order valence-corrected chi connectivity index (χ4v) is 5.24. The minimum absolute atomic E-state index is 0.00657. The second-order valence-electron chi connectivity index (χ2n) is 8.87. The van der Waals surface area contributed by atoms with Crippen LogP contribution in [0.4, 0.5) is 18.4 Å². The van der Waals surface area contributed by atoms with Crippen LogP contribution in [0.2, 0.25) is 0 Å². The van der Waals surface area contributed by atoms with E-state index < -0.39 is 23.3 Å². The van der Waals surface area contributed by atoms with E-state index in [0.29, 0.717) is 50.8 Å². The highest BCUT2D eigenvalue weighted by molar-refractivity contribution is 5.78. The van der Waals surface area contributed by atoms with Gasteiger partial charge in [-0.1, -0.05) is 0 Å². The number of amides is 3. The summed E-state index contributed by atoms with van der Waals surface area (Å²) in [4.78, 5) is 31.3. The van der Waals surface area contributed by atoms with Crippen molar-refractivity contribution in [1.82, 2.24) is 20.1 Å². The molecule has 1 N–H and O–H groups in total. The van der Waals surface area contributed by atoms with Gasteiger partial charge in [-0.2, -0.15) is 0 Å². The van der Waals surface area contributed by atoms with Crippen molar-refractivity contribution in [3.05, 3.63) is 29.6 Å². The van der Waals surface area contributed by atoms with Gasteiger partial charge in [0.1, 0.15) is 23.8 Å². The number of alkyl carbamates (subject to hydrolysis) is 1. The zero-order chi connectivity index (χ0) is 19.5. The highest BCUT2D eigenvalue weighted by Gasteiger charge is 2.55. The summed E-state index contributed by atoms with van der Waals surface area (Å²) in [6, 6.07) is 0.890. The molecule has 3 saturated heterocycles. The maximum atomic E-state index is 13.8. The van der Waals surface area contributed by atoms with Gasteiger partial charge in [0.25, 0.3) is 0 Å². The highest BCUT2D eigenvalue weighted by Crippen LogP contribution is 2.49. The summed E-state index contributed by atoms with van der Waals surface area (Å²) >= 11 is 0. The van der Waals surface area contributed by atoms with Crippen LogP contribution in [-0.2, 0) is 11.2 Å². The smallest absolute Gasteiger partial charge is 0.407 e. The third kappa shape index (κ3) is 2.87. The van der Waals surface area contributed by atoms with Crippen molar-refractivity contribution in [2.45, 2.75) is 31.2 Å². The van der Waals surface area contributed by atoms with Crippen LogP contribution < -0.4 is 5.32 Å². The summed E-state index contributed by atoms with van der Waals surface area (Å²) in [7, 11) is 0. The van der Waals surface area contributed by atoms with Crippen LogP contribution in [0.15, 0.2) is 12.3 Å². The number of hydrogen-bond acceptors (Lipinski definition) is 4. The molecule has 0 radical (unpaired) electrons. The van der Waals surface area contributed by atoms with E-state index in [9.17, 15) is 18.4 Å². The van der Waals surface area contributed by atoms with E-state index in [-0.39, 0.29) is 11.4 Å². The first-order chi connectivity index (χ1) is 13.4. The minimum Gasteiger partial charge on any atom is -0.447 e. The van der Waals surface area contributed by atoms with Gasteiger partial charge in [-0.05, 0) is 31.6 Å². The van der Waals surface area contributed by atoms with E-state index in [2.05, 4.69) is 10.3 Å². The molecular weight excluding hydrogens is 370 g/mol. The van der Waals surface area contributed by atoms with Crippen molar-refractivity contribution in [3.8, 4) is 0 Å². The third-order valence-electron chi connectivity index (χ3n) is 6.60. The second-order valence-corrected chi connectivity index (χ2v) is 8.87. The number of pyridine rings is 1. The molecule has 1 unspecified atom stereocenters. The molecule has 1 saturated carbocycles. The number of halogens is 2. The first kappa shape index (κ1) is 17.6. The number of carbonyl (C=O) groups is 2. The standard InChI is InChI=1S/C19H22F2N4O3/c20-13-4-14(21)15(22-6-13)3-12-1-2-18(5-12)7-24(8-18)17(27)25-9-19(10-25)11-28-16(26)23-19/h4,6,12H,1-3,5,7-11H2,(H,23,26). The van der Waals surface area contributed by atoms with E-state index in [1.165, 1.54) is 0 Å². The molecule has 4 fully saturated rings. The van der Waals surface area contributed by atoms with E-state index in [1.54, 1.807) is 4.90 Å².